The highest BCUT2D eigenvalue weighted by atomic mass is 35.5. The first kappa shape index (κ1) is 26.8. The summed E-state index contributed by atoms with van der Waals surface area (Å²) < 4.78 is 12.3. The third kappa shape index (κ3) is 4.49. The fourth-order valence-corrected chi connectivity index (χ4v) is 7.60. The van der Waals surface area contributed by atoms with E-state index in [0.717, 1.165) is 37.7 Å². The second-order valence-corrected chi connectivity index (χ2v) is 12.6. The van der Waals surface area contributed by atoms with Crippen LogP contribution in [0.4, 0.5) is 5.69 Å². The van der Waals surface area contributed by atoms with Gasteiger partial charge in [0, 0.05) is 29.9 Å². The SMILES string of the molecule is Cc1ccc(NC(=O)[C@H]2[C@H]3C=C[C@@]4(O3)[C@H]2C(=O)N(C[C@@H]2CCCO2)[C@@H]4C(=O)N[C@@H]2CCC[C@@H](C)[C@@H]2C)cc1Cl. The van der Waals surface area contributed by atoms with E-state index in [0.29, 0.717) is 35.7 Å². The van der Waals surface area contributed by atoms with Gasteiger partial charge in [-0.15, -0.1) is 0 Å². The summed E-state index contributed by atoms with van der Waals surface area (Å²) in [6.45, 7) is 7.28. The first-order chi connectivity index (χ1) is 18.7. The molecule has 3 saturated heterocycles. The van der Waals surface area contributed by atoms with Crippen molar-refractivity contribution in [2.45, 2.75) is 82.8 Å². The number of hydrogen-bond donors (Lipinski definition) is 2. The number of likely N-dealkylation sites (tertiary alicyclic amines) is 1. The summed E-state index contributed by atoms with van der Waals surface area (Å²) in [6, 6.07) is 4.54. The number of fused-ring (bicyclic) bond motifs is 1. The maximum Gasteiger partial charge on any atom is 0.246 e. The molecule has 4 aliphatic heterocycles. The summed E-state index contributed by atoms with van der Waals surface area (Å²) in [5, 5.41) is 6.79. The monoisotopic (exact) mass is 555 g/mol. The molecule has 1 aromatic rings. The van der Waals surface area contributed by atoms with Crippen molar-refractivity contribution in [1.29, 1.82) is 0 Å². The zero-order valence-electron chi connectivity index (χ0n) is 22.8. The number of hydrogen-bond acceptors (Lipinski definition) is 5. The van der Waals surface area contributed by atoms with Crippen LogP contribution in [0.1, 0.15) is 51.5 Å². The molecular weight excluding hydrogens is 518 g/mol. The lowest BCUT2D eigenvalue weighted by Crippen LogP contribution is -2.58. The highest BCUT2D eigenvalue weighted by molar-refractivity contribution is 6.31. The second kappa shape index (κ2) is 10.2. The number of nitrogens with one attached hydrogen (secondary N) is 2. The molecule has 4 heterocycles. The number of nitrogens with zero attached hydrogens (tertiary/aromatic N) is 1. The number of aryl methyl sites for hydroxylation is 1. The maximum absolute atomic E-state index is 14.1. The molecule has 0 radical (unpaired) electrons. The molecule has 0 unspecified atom stereocenters. The van der Waals surface area contributed by atoms with Crippen LogP contribution in [0.3, 0.4) is 0 Å². The normalized spacial score (nSPS) is 38.8. The Morgan fingerprint density at radius 1 is 1.15 bits per heavy atom. The van der Waals surface area contributed by atoms with Crippen LogP contribution in [0, 0.1) is 30.6 Å². The molecule has 9 heteroatoms. The number of carbonyl (C=O) groups excluding carboxylic acids is 3. The second-order valence-electron chi connectivity index (χ2n) is 12.2. The molecule has 210 valence electrons. The van der Waals surface area contributed by atoms with Crippen molar-refractivity contribution >= 4 is 35.0 Å². The van der Waals surface area contributed by atoms with Crippen molar-refractivity contribution in [2.24, 2.45) is 23.7 Å². The summed E-state index contributed by atoms with van der Waals surface area (Å²) in [5.74, 6) is -1.40. The Hall–Kier alpha value is -2.42. The lowest BCUT2D eigenvalue weighted by Gasteiger charge is -2.38. The summed E-state index contributed by atoms with van der Waals surface area (Å²) >= 11 is 6.28. The van der Waals surface area contributed by atoms with Crippen LogP contribution in [0.5, 0.6) is 0 Å². The zero-order chi connectivity index (χ0) is 27.5. The van der Waals surface area contributed by atoms with Gasteiger partial charge in [-0.2, -0.15) is 0 Å². The number of rotatable bonds is 6. The lowest BCUT2D eigenvalue weighted by molar-refractivity contribution is -0.143. The molecule has 4 fully saturated rings. The van der Waals surface area contributed by atoms with Crippen LogP contribution in [0.15, 0.2) is 30.4 Å². The first-order valence-corrected chi connectivity index (χ1v) is 14.7. The molecule has 1 aliphatic carbocycles. The summed E-state index contributed by atoms with van der Waals surface area (Å²) in [7, 11) is 0. The van der Waals surface area contributed by atoms with Gasteiger partial charge in [-0.05, 0) is 55.7 Å². The minimum atomic E-state index is -1.18. The van der Waals surface area contributed by atoms with E-state index in [-0.39, 0.29) is 29.9 Å². The van der Waals surface area contributed by atoms with Crippen LogP contribution < -0.4 is 10.6 Å². The third-order valence-corrected chi connectivity index (χ3v) is 10.2. The zero-order valence-corrected chi connectivity index (χ0v) is 23.6. The number of carbonyl (C=O) groups is 3. The fraction of sp³-hybridized carbons (Fsp3) is 0.633. The molecule has 1 saturated carbocycles. The molecule has 2 bridgehead atoms. The van der Waals surface area contributed by atoms with Gasteiger partial charge in [0.2, 0.25) is 17.7 Å². The molecule has 5 aliphatic rings. The Labute approximate surface area is 234 Å². The number of benzene rings is 1. The highest BCUT2D eigenvalue weighted by Crippen LogP contribution is 2.55. The Kier molecular flexibility index (Phi) is 7.01. The van der Waals surface area contributed by atoms with E-state index in [9.17, 15) is 14.4 Å². The topological polar surface area (TPSA) is 97.0 Å². The predicted octanol–water partition coefficient (Wildman–Crippen LogP) is 3.86. The molecule has 1 spiro atoms. The molecule has 1 aromatic carbocycles. The average Bonchev–Trinajstić information content (AvgIpc) is 3.67. The average molecular weight is 556 g/mol. The van der Waals surface area contributed by atoms with Gasteiger partial charge in [0.25, 0.3) is 0 Å². The van der Waals surface area contributed by atoms with Gasteiger partial charge in [0.1, 0.15) is 11.6 Å². The molecule has 8 nitrogen and oxygen atoms in total. The van der Waals surface area contributed by atoms with Crippen molar-refractivity contribution in [2.75, 3.05) is 18.5 Å². The van der Waals surface area contributed by atoms with Crippen LogP contribution >= 0.6 is 11.6 Å². The van der Waals surface area contributed by atoms with Crippen LogP contribution in [0.2, 0.25) is 5.02 Å². The quantitative estimate of drug-likeness (QED) is 0.520. The molecule has 2 N–H and O–H groups in total. The maximum atomic E-state index is 14.1. The smallest absolute Gasteiger partial charge is 0.246 e. The third-order valence-electron chi connectivity index (χ3n) is 9.82. The molecular formula is C30H38ClN3O5. The minimum Gasteiger partial charge on any atom is -0.376 e. The van der Waals surface area contributed by atoms with Crippen molar-refractivity contribution in [3.63, 3.8) is 0 Å². The molecule has 39 heavy (non-hydrogen) atoms. The summed E-state index contributed by atoms with van der Waals surface area (Å²) in [4.78, 5) is 43.5. The van der Waals surface area contributed by atoms with Crippen LogP contribution in [-0.4, -0.2) is 65.7 Å². The Morgan fingerprint density at radius 2 is 1.97 bits per heavy atom. The fourth-order valence-electron chi connectivity index (χ4n) is 7.42. The van der Waals surface area contributed by atoms with E-state index in [4.69, 9.17) is 21.1 Å². The molecule has 0 aromatic heterocycles. The van der Waals surface area contributed by atoms with E-state index in [1.165, 1.54) is 0 Å². The van der Waals surface area contributed by atoms with Crippen molar-refractivity contribution in [3.8, 4) is 0 Å². The van der Waals surface area contributed by atoms with Gasteiger partial charge in [0.15, 0.2) is 0 Å². The van der Waals surface area contributed by atoms with Gasteiger partial charge in [-0.25, -0.2) is 0 Å². The van der Waals surface area contributed by atoms with Gasteiger partial charge in [0.05, 0.1) is 24.0 Å². The molecule has 9 atom stereocenters. The van der Waals surface area contributed by atoms with E-state index >= 15 is 0 Å². The number of halogens is 1. The standard InChI is InChI=1S/C30H38ClN3O5/c1-16-6-4-8-22(18(16)3)33-28(36)26-30-12-11-23(39-30)24(27(35)32-19-10-9-17(2)21(31)14-19)25(30)29(37)34(26)15-20-7-5-13-38-20/h9-12,14,16,18,20,22-26H,4-8,13,15H2,1-3H3,(H,32,35)(H,33,36)/t16-,18+,20+,22-,23-,24+,25-,26-,30-/m1/s1. The Morgan fingerprint density at radius 3 is 2.72 bits per heavy atom. The number of anilines is 1. The van der Waals surface area contributed by atoms with Crippen LogP contribution in [-0.2, 0) is 23.9 Å². The van der Waals surface area contributed by atoms with Gasteiger partial charge in [-0.1, -0.05) is 56.5 Å². The van der Waals surface area contributed by atoms with E-state index in [1.807, 2.05) is 25.1 Å². The summed E-state index contributed by atoms with van der Waals surface area (Å²) in [5.41, 5.74) is 0.291. The summed E-state index contributed by atoms with van der Waals surface area (Å²) in [6.07, 6.45) is 7.91. The van der Waals surface area contributed by atoms with Crippen molar-refractivity contribution < 1.29 is 23.9 Å². The highest BCUT2D eigenvalue weighted by Gasteiger charge is 2.73. The Balaban J connectivity index is 1.29. The van der Waals surface area contributed by atoms with Crippen molar-refractivity contribution in [3.05, 3.63) is 40.9 Å². The van der Waals surface area contributed by atoms with Crippen molar-refractivity contribution in [1.82, 2.24) is 10.2 Å². The van der Waals surface area contributed by atoms with E-state index in [2.05, 4.69) is 24.5 Å². The van der Waals surface area contributed by atoms with Crippen LogP contribution in [0.25, 0.3) is 0 Å². The van der Waals surface area contributed by atoms with Gasteiger partial charge in [-0.3, -0.25) is 14.4 Å². The van der Waals surface area contributed by atoms with E-state index < -0.39 is 29.6 Å². The number of ether oxygens (including phenoxy) is 2. The number of amides is 3. The predicted molar refractivity (Wildman–Crippen MR) is 147 cm³/mol. The molecule has 6 rings (SSSR count). The largest absolute Gasteiger partial charge is 0.376 e. The first-order valence-electron chi connectivity index (χ1n) is 14.4. The van der Waals surface area contributed by atoms with Gasteiger partial charge >= 0.3 is 0 Å². The molecule has 3 amide bonds. The minimum absolute atomic E-state index is 0.0457. The van der Waals surface area contributed by atoms with E-state index in [1.54, 1.807) is 17.0 Å². The Bertz CT molecular complexity index is 1200. The van der Waals surface area contributed by atoms with Gasteiger partial charge < -0.3 is 25.0 Å². The lowest BCUT2D eigenvalue weighted by atomic mass is 9.73.